The van der Waals surface area contributed by atoms with Crippen LogP contribution < -0.4 is 5.32 Å². The number of nitrogens with zero attached hydrogens (tertiary/aromatic N) is 1. The van der Waals surface area contributed by atoms with Crippen LogP contribution in [0.2, 0.25) is 0 Å². The highest BCUT2D eigenvalue weighted by Crippen LogP contribution is 2.41. The van der Waals surface area contributed by atoms with Gasteiger partial charge in [-0.3, -0.25) is 14.5 Å². The van der Waals surface area contributed by atoms with Crippen LogP contribution in [0.1, 0.15) is 10.4 Å². The average Bonchev–Trinajstić information content (AvgIpc) is 3.24. The van der Waals surface area contributed by atoms with E-state index >= 15 is 0 Å². The predicted octanol–water partition coefficient (Wildman–Crippen LogP) is 1.70. The molecule has 0 bridgehead atoms. The number of carbonyl (C=O) groups is 3. The topological polar surface area (TPSA) is 130 Å². The second-order valence-corrected chi connectivity index (χ2v) is 10.8. The molecule has 1 aromatic heterocycles. The monoisotopic (exact) mass is 494 g/mol. The minimum absolute atomic E-state index is 0.0849. The summed E-state index contributed by atoms with van der Waals surface area (Å²) >= 11 is 2.54. The quantitative estimate of drug-likeness (QED) is 0.439. The number of aliphatic carboxylic acids is 1. The number of thioether (sulfide) groups is 1. The van der Waals surface area contributed by atoms with Crippen molar-refractivity contribution in [1.82, 2.24) is 10.2 Å². The molecule has 1 fully saturated rings. The zero-order valence-corrected chi connectivity index (χ0v) is 19.1. The maximum absolute atomic E-state index is 12.7. The highest BCUT2D eigenvalue weighted by molar-refractivity contribution is 8.00. The zero-order valence-electron chi connectivity index (χ0n) is 16.7. The maximum Gasteiger partial charge on any atom is 0.356 e. The molecule has 2 aliphatic heterocycles. The molecule has 1 saturated heterocycles. The Kier molecular flexibility index (Phi) is 6.01. The molecule has 2 aliphatic rings. The number of fused-ring (bicyclic) bond motifs is 1. The number of thiophene rings is 1. The standard InChI is InChI=1S/C20H18N2O7S3/c1-11-4-6-13(7-5-11)32(27,28)29-14-10-31-19-16(18(24)22(19)17(14)20(25)26)21-15(23)9-12-3-2-8-30-12/h2-8,16,19H,9-10H2,1H3,(H,21,23)(H,25,26)/t16?,19-/m0/s1. The summed E-state index contributed by atoms with van der Waals surface area (Å²) in [6.45, 7) is 1.80. The van der Waals surface area contributed by atoms with Crippen molar-refractivity contribution in [2.45, 2.75) is 29.7 Å². The van der Waals surface area contributed by atoms with Crippen molar-refractivity contribution in [2.24, 2.45) is 0 Å². The molecule has 4 rings (SSSR count). The van der Waals surface area contributed by atoms with Crippen molar-refractivity contribution in [3.05, 3.63) is 63.7 Å². The Hall–Kier alpha value is -2.83. The van der Waals surface area contributed by atoms with E-state index in [1.54, 1.807) is 25.1 Å². The summed E-state index contributed by atoms with van der Waals surface area (Å²) in [5.41, 5.74) is 0.321. The first kappa shape index (κ1) is 22.4. The van der Waals surface area contributed by atoms with Crippen molar-refractivity contribution in [1.29, 1.82) is 0 Å². The third-order valence-electron chi connectivity index (χ3n) is 4.89. The summed E-state index contributed by atoms with van der Waals surface area (Å²) < 4.78 is 30.4. The van der Waals surface area contributed by atoms with E-state index < -0.39 is 39.1 Å². The number of benzene rings is 1. The van der Waals surface area contributed by atoms with Gasteiger partial charge < -0.3 is 14.6 Å². The van der Waals surface area contributed by atoms with Gasteiger partial charge in [0, 0.05) is 4.88 Å². The van der Waals surface area contributed by atoms with Gasteiger partial charge in [0.15, 0.2) is 11.5 Å². The van der Waals surface area contributed by atoms with E-state index in [1.165, 1.54) is 23.5 Å². The normalized spacial score (nSPS) is 20.4. The van der Waals surface area contributed by atoms with Crippen LogP contribution in [0.25, 0.3) is 0 Å². The minimum Gasteiger partial charge on any atom is -0.476 e. The first-order valence-corrected chi connectivity index (χ1v) is 12.7. The summed E-state index contributed by atoms with van der Waals surface area (Å²) in [5, 5.41) is 13.5. The molecule has 1 unspecified atom stereocenters. The van der Waals surface area contributed by atoms with E-state index in [9.17, 15) is 27.9 Å². The van der Waals surface area contributed by atoms with Crippen LogP contribution in [0.4, 0.5) is 0 Å². The Balaban J connectivity index is 1.52. The molecule has 12 heteroatoms. The maximum atomic E-state index is 12.7. The molecule has 0 aliphatic carbocycles. The summed E-state index contributed by atoms with van der Waals surface area (Å²) in [6.07, 6.45) is 0.115. The molecule has 2 atom stereocenters. The number of carboxylic acid groups (broad SMARTS) is 1. The lowest BCUT2D eigenvalue weighted by atomic mass is 10.0. The Morgan fingerprint density at radius 3 is 2.59 bits per heavy atom. The summed E-state index contributed by atoms with van der Waals surface area (Å²) in [6, 6.07) is 8.64. The van der Waals surface area contributed by atoms with Crippen molar-refractivity contribution >= 4 is 51.0 Å². The van der Waals surface area contributed by atoms with Gasteiger partial charge in [-0.25, -0.2) is 4.79 Å². The number of hydrogen-bond acceptors (Lipinski definition) is 8. The van der Waals surface area contributed by atoms with Crippen molar-refractivity contribution in [3.8, 4) is 0 Å². The number of rotatable bonds is 7. The lowest BCUT2D eigenvalue weighted by Crippen LogP contribution is -2.70. The van der Waals surface area contributed by atoms with Crippen LogP contribution in [-0.2, 0) is 35.1 Å². The number of hydrogen-bond donors (Lipinski definition) is 2. The van der Waals surface area contributed by atoms with Gasteiger partial charge in [0.25, 0.3) is 5.91 Å². The molecule has 2 N–H and O–H groups in total. The fourth-order valence-corrected chi connectivity index (χ4v) is 6.34. The molecule has 0 saturated carbocycles. The van der Waals surface area contributed by atoms with Crippen LogP contribution in [0.15, 0.2) is 58.1 Å². The van der Waals surface area contributed by atoms with Crippen LogP contribution in [-0.4, -0.2) is 53.4 Å². The van der Waals surface area contributed by atoms with Crippen molar-refractivity contribution < 1.29 is 32.1 Å². The average molecular weight is 495 g/mol. The smallest absolute Gasteiger partial charge is 0.356 e. The third-order valence-corrected chi connectivity index (χ3v) is 8.29. The molecule has 2 amide bonds. The minimum atomic E-state index is -4.28. The molecule has 0 spiro atoms. The molecule has 168 valence electrons. The lowest BCUT2D eigenvalue weighted by Gasteiger charge is -2.48. The van der Waals surface area contributed by atoms with E-state index in [0.717, 1.165) is 27.1 Å². The van der Waals surface area contributed by atoms with Crippen LogP contribution >= 0.6 is 23.1 Å². The zero-order chi connectivity index (χ0) is 23.0. The first-order chi connectivity index (χ1) is 15.2. The molecule has 1 aromatic carbocycles. The largest absolute Gasteiger partial charge is 0.476 e. The Morgan fingerprint density at radius 1 is 1.25 bits per heavy atom. The molecular formula is C20H18N2O7S3. The van der Waals surface area contributed by atoms with Crippen LogP contribution in [0, 0.1) is 6.92 Å². The first-order valence-electron chi connectivity index (χ1n) is 9.41. The number of nitrogens with one attached hydrogen (secondary N) is 1. The number of β-lactam (4-membered cyclic amide) rings is 1. The molecule has 2 aromatic rings. The van der Waals surface area contributed by atoms with Gasteiger partial charge in [-0.1, -0.05) is 23.8 Å². The molecule has 32 heavy (non-hydrogen) atoms. The number of carboxylic acids is 1. The number of carbonyl (C=O) groups excluding carboxylic acids is 2. The summed E-state index contributed by atoms with van der Waals surface area (Å²) in [4.78, 5) is 38.5. The number of amides is 2. The fraction of sp³-hybridized carbons (Fsp3) is 0.250. The predicted molar refractivity (Wildman–Crippen MR) is 117 cm³/mol. The van der Waals surface area contributed by atoms with Gasteiger partial charge in [0.1, 0.15) is 16.3 Å². The van der Waals surface area contributed by atoms with Crippen molar-refractivity contribution in [3.63, 3.8) is 0 Å². The highest BCUT2D eigenvalue weighted by Gasteiger charge is 2.55. The van der Waals surface area contributed by atoms with Gasteiger partial charge in [0.05, 0.1) is 12.2 Å². The SMILES string of the molecule is Cc1ccc(S(=O)(=O)OC2=C(C(=O)O)N3C(=O)C(NC(=O)Cc4cccs4)[C@@H]3SC2)cc1. The van der Waals surface area contributed by atoms with E-state index in [4.69, 9.17) is 4.18 Å². The van der Waals surface area contributed by atoms with E-state index in [2.05, 4.69) is 5.32 Å². The summed E-state index contributed by atoms with van der Waals surface area (Å²) in [7, 11) is -4.28. The van der Waals surface area contributed by atoms with Crippen LogP contribution in [0.3, 0.4) is 0 Å². The van der Waals surface area contributed by atoms with Gasteiger partial charge >= 0.3 is 16.1 Å². The molecule has 0 radical (unpaired) electrons. The van der Waals surface area contributed by atoms with E-state index in [0.29, 0.717) is 0 Å². The second-order valence-electron chi connectivity index (χ2n) is 7.14. The molecular weight excluding hydrogens is 476 g/mol. The number of aryl methyl sites for hydroxylation is 1. The molecule has 9 nitrogen and oxygen atoms in total. The Morgan fingerprint density at radius 2 is 1.97 bits per heavy atom. The van der Waals surface area contributed by atoms with Gasteiger partial charge in [-0.2, -0.15) is 8.42 Å². The van der Waals surface area contributed by atoms with Gasteiger partial charge in [-0.15, -0.1) is 23.1 Å². The van der Waals surface area contributed by atoms with Crippen molar-refractivity contribution in [2.75, 3.05) is 5.75 Å². The molecule has 3 heterocycles. The highest BCUT2D eigenvalue weighted by atomic mass is 32.2. The van der Waals surface area contributed by atoms with Gasteiger partial charge in [-0.05, 0) is 30.5 Å². The third kappa shape index (κ3) is 4.25. The van der Waals surface area contributed by atoms with Gasteiger partial charge in [0.2, 0.25) is 5.91 Å². The van der Waals surface area contributed by atoms with Crippen LogP contribution in [0.5, 0.6) is 0 Å². The Labute approximate surface area is 192 Å². The second kappa shape index (κ2) is 8.60. The van der Waals surface area contributed by atoms with E-state index in [-0.39, 0.29) is 28.7 Å². The fourth-order valence-electron chi connectivity index (χ4n) is 3.34. The Bertz CT molecular complexity index is 1200. The van der Waals surface area contributed by atoms with E-state index in [1.807, 2.05) is 11.4 Å². The lowest BCUT2D eigenvalue weighted by molar-refractivity contribution is -0.151. The summed E-state index contributed by atoms with van der Waals surface area (Å²) in [5.74, 6) is -2.89.